The van der Waals surface area contributed by atoms with Crippen LogP contribution in [0.25, 0.3) is 0 Å². The van der Waals surface area contributed by atoms with Crippen molar-refractivity contribution < 1.29 is 0 Å². The van der Waals surface area contributed by atoms with Gasteiger partial charge in [0, 0.05) is 12.6 Å². The van der Waals surface area contributed by atoms with Gasteiger partial charge in [0.1, 0.15) is 0 Å². The van der Waals surface area contributed by atoms with Crippen molar-refractivity contribution in [2.24, 2.45) is 7.05 Å². The van der Waals surface area contributed by atoms with Crippen LogP contribution in [0.4, 0.5) is 5.95 Å². The summed E-state index contributed by atoms with van der Waals surface area (Å²) in [6.45, 7) is 5.72. The van der Waals surface area contributed by atoms with Crippen molar-refractivity contribution >= 4 is 5.95 Å². The molecule has 0 saturated heterocycles. The van der Waals surface area contributed by atoms with E-state index in [1.54, 1.807) is 0 Å². The molecular formula is C8H14N4O2. The van der Waals surface area contributed by atoms with Crippen molar-refractivity contribution in [3.05, 3.63) is 21.0 Å². The highest BCUT2D eigenvalue weighted by atomic mass is 16.2. The number of aromatic amines is 1. The van der Waals surface area contributed by atoms with E-state index in [2.05, 4.69) is 15.3 Å². The highest BCUT2D eigenvalue weighted by Gasteiger charge is 2.11. The zero-order chi connectivity index (χ0) is 10.9. The minimum atomic E-state index is -0.569. The number of anilines is 1. The number of hydrogen-bond acceptors (Lipinski definition) is 4. The summed E-state index contributed by atoms with van der Waals surface area (Å²) in [4.78, 5) is 28.4. The van der Waals surface area contributed by atoms with E-state index < -0.39 is 11.4 Å². The topological polar surface area (TPSA) is 79.8 Å². The monoisotopic (exact) mass is 198 g/mol. The first-order chi connectivity index (χ1) is 6.29. The van der Waals surface area contributed by atoms with Gasteiger partial charge in [0.25, 0.3) is 0 Å². The zero-order valence-electron chi connectivity index (χ0n) is 8.71. The zero-order valence-corrected chi connectivity index (χ0v) is 8.71. The van der Waals surface area contributed by atoms with Crippen LogP contribution in [0.15, 0.2) is 9.59 Å². The maximum absolute atomic E-state index is 11.2. The van der Waals surface area contributed by atoms with Gasteiger partial charge in [-0.3, -0.25) is 4.98 Å². The van der Waals surface area contributed by atoms with E-state index in [9.17, 15) is 9.59 Å². The summed E-state index contributed by atoms with van der Waals surface area (Å²) >= 11 is 0. The third kappa shape index (κ3) is 2.45. The van der Waals surface area contributed by atoms with E-state index in [0.29, 0.717) is 0 Å². The van der Waals surface area contributed by atoms with Crippen molar-refractivity contribution in [3.8, 4) is 0 Å². The highest BCUT2D eigenvalue weighted by Crippen LogP contribution is 2.05. The molecule has 78 valence electrons. The van der Waals surface area contributed by atoms with Gasteiger partial charge in [-0.1, -0.05) is 0 Å². The van der Waals surface area contributed by atoms with Crippen LogP contribution in [-0.4, -0.2) is 20.1 Å². The van der Waals surface area contributed by atoms with Crippen LogP contribution in [0.3, 0.4) is 0 Å². The predicted octanol–water partition coefficient (Wildman–Crippen LogP) is -0.321. The van der Waals surface area contributed by atoms with Crippen LogP contribution in [0.5, 0.6) is 0 Å². The van der Waals surface area contributed by atoms with E-state index in [4.69, 9.17) is 0 Å². The highest BCUT2D eigenvalue weighted by molar-refractivity contribution is 5.25. The average molecular weight is 198 g/mol. The molecule has 0 aliphatic heterocycles. The van der Waals surface area contributed by atoms with Crippen LogP contribution in [0.1, 0.15) is 20.8 Å². The quantitative estimate of drug-likeness (QED) is 0.648. The fourth-order valence-corrected chi connectivity index (χ4v) is 0.885. The molecule has 0 amide bonds. The Kier molecular flexibility index (Phi) is 2.46. The van der Waals surface area contributed by atoms with Gasteiger partial charge in [0.2, 0.25) is 5.95 Å². The molecule has 14 heavy (non-hydrogen) atoms. The standard InChI is InChI=1S/C8H14N4O2/c1-8(2,3)11-5-9-6(13)12(4)7(14)10-5/h1-4H3,(H2,9,10,11,13,14). The average Bonchev–Trinajstić information content (AvgIpc) is 1.96. The Labute approximate surface area is 81.0 Å². The molecule has 1 aromatic heterocycles. The summed E-state index contributed by atoms with van der Waals surface area (Å²) in [5.41, 5.74) is -1.29. The van der Waals surface area contributed by atoms with Crippen molar-refractivity contribution in [1.82, 2.24) is 14.5 Å². The van der Waals surface area contributed by atoms with E-state index in [1.165, 1.54) is 7.05 Å². The molecule has 1 heterocycles. The number of rotatable bonds is 1. The summed E-state index contributed by atoms with van der Waals surface area (Å²) in [6, 6.07) is 0. The van der Waals surface area contributed by atoms with Gasteiger partial charge in [0.15, 0.2) is 0 Å². The SMILES string of the molecule is Cn1c(=O)nc(NC(C)(C)C)[nH]c1=O. The molecule has 0 aliphatic carbocycles. The minimum Gasteiger partial charge on any atom is -0.351 e. The molecule has 6 heteroatoms. The minimum absolute atomic E-state index is 0.200. The Bertz CT molecular complexity index is 407. The van der Waals surface area contributed by atoms with E-state index in [1.807, 2.05) is 20.8 Å². The van der Waals surface area contributed by atoms with E-state index in [0.717, 1.165) is 4.57 Å². The molecule has 1 rings (SSSR count). The van der Waals surface area contributed by atoms with Crippen LogP contribution < -0.4 is 16.7 Å². The largest absolute Gasteiger partial charge is 0.354 e. The lowest BCUT2D eigenvalue weighted by Gasteiger charge is -2.20. The van der Waals surface area contributed by atoms with Crippen LogP contribution >= 0.6 is 0 Å². The molecule has 1 aromatic rings. The Morgan fingerprint density at radius 3 is 2.36 bits per heavy atom. The lowest BCUT2D eigenvalue weighted by Crippen LogP contribution is -2.38. The molecule has 6 nitrogen and oxygen atoms in total. The Balaban J connectivity index is 3.15. The molecule has 0 saturated carbocycles. The molecule has 0 bridgehead atoms. The van der Waals surface area contributed by atoms with Crippen molar-refractivity contribution in [1.29, 1.82) is 0 Å². The fourth-order valence-electron chi connectivity index (χ4n) is 0.885. The number of aromatic nitrogens is 3. The third-order valence-electron chi connectivity index (χ3n) is 1.52. The summed E-state index contributed by atoms with van der Waals surface area (Å²) in [7, 11) is 1.37. The first kappa shape index (κ1) is 10.5. The maximum atomic E-state index is 11.2. The summed E-state index contributed by atoms with van der Waals surface area (Å²) in [5.74, 6) is 0.200. The maximum Gasteiger partial charge on any atom is 0.354 e. The molecule has 0 aromatic carbocycles. The van der Waals surface area contributed by atoms with Crippen molar-refractivity contribution in [3.63, 3.8) is 0 Å². The van der Waals surface area contributed by atoms with Crippen molar-refractivity contribution in [2.75, 3.05) is 5.32 Å². The summed E-state index contributed by atoms with van der Waals surface area (Å²) in [6.07, 6.45) is 0. The Morgan fingerprint density at radius 2 is 1.93 bits per heavy atom. The smallest absolute Gasteiger partial charge is 0.351 e. The second-order valence-corrected chi connectivity index (χ2v) is 4.11. The second kappa shape index (κ2) is 3.28. The van der Waals surface area contributed by atoms with Crippen LogP contribution in [0, 0.1) is 0 Å². The first-order valence-electron chi connectivity index (χ1n) is 4.25. The van der Waals surface area contributed by atoms with E-state index in [-0.39, 0.29) is 11.5 Å². The molecule has 0 unspecified atom stereocenters. The molecule has 2 N–H and O–H groups in total. The van der Waals surface area contributed by atoms with Crippen molar-refractivity contribution in [2.45, 2.75) is 26.3 Å². The normalized spacial score (nSPS) is 11.4. The summed E-state index contributed by atoms with van der Waals surface area (Å²) in [5, 5.41) is 2.91. The lowest BCUT2D eigenvalue weighted by molar-refractivity contribution is 0.616. The third-order valence-corrected chi connectivity index (χ3v) is 1.52. The van der Waals surface area contributed by atoms with E-state index >= 15 is 0 Å². The molecule has 0 spiro atoms. The molecule has 0 aliphatic rings. The number of H-pyrrole nitrogens is 1. The Hall–Kier alpha value is -1.59. The number of hydrogen-bond donors (Lipinski definition) is 2. The molecule has 0 radical (unpaired) electrons. The van der Waals surface area contributed by atoms with Gasteiger partial charge < -0.3 is 5.32 Å². The predicted molar refractivity (Wildman–Crippen MR) is 53.5 cm³/mol. The van der Waals surface area contributed by atoms with Crippen LogP contribution in [0.2, 0.25) is 0 Å². The number of nitrogens with one attached hydrogen (secondary N) is 2. The lowest BCUT2D eigenvalue weighted by atomic mass is 10.1. The molecule has 0 atom stereocenters. The van der Waals surface area contributed by atoms with Gasteiger partial charge in [0.05, 0.1) is 0 Å². The first-order valence-corrected chi connectivity index (χ1v) is 4.25. The summed E-state index contributed by atoms with van der Waals surface area (Å²) < 4.78 is 0.911. The molecule has 0 fully saturated rings. The van der Waals surface area contributed by atoms with Gasteiger partial charge in [-0.25, -0.2) is 14.2 Å². The second-order valence-electron chi connectivity index (χ2n) is 4.11. The van der Waals surface area contributed by atoms with Gasteiger partial charge in [-0.2, -0.15) is 4.98 Å². The number of nitrogens with zero attached hydrogens (tertiary/aromatic N) is 2. The van der Waals surface area contributed by atoms with Crippen LogP contribution in [-0.2, 0) is 7.05 Å². The Morgan fingerprint density at radius 1 is 1.36 bits per heavy atom. The molecular weight excluding hydrogens is 184 g/mol. The van der Waals surface area contributed by atoms with Gasteiger partial charge >= 0.3 is 11.4 Å². The fraction of sp³-hybridized carbons (Fsp3) is 0.625. The van der Waals surface area contributed by atoms with Gasteiger partial charge in [-0.05, 0) is 20.8 Å². The van der Waals surface area contributed by atoms with Gasteiger partial charge in [-0.15, -0.1) is 0 Å².